The highest BCUT2D eigenvalue weighted by atomic mass is 19.4. The molecule has 0 unspecified atom stereocenters. The van der Waals surface area contributed by atoms with E-state index in [4.69, 9.17) is 10.8 Å². The highest BCUT2D eigenvalue weighted by Gasteiger charge is 2.31. The Hall–Kier alpha value is -2.87. The summed E-state index contributed by atoms with van der Waals surface area (Å²) in [7, 11) is 0. The van der Waals surface area contributed by atoms with Crippen LogP contribution in [0, 0.1) is 5.41 Å². The molecule has 2 aromatic rings. The number of aliphatic hydroxyl groups excluding tert-OH is 1. The van der Waals surface area contributed by atoms with Crippen LogP contribution in [0.2, 0.25) is 0 Å². The fraction of sp³-hybridized carbons (Fsp3) is 0.417. The number of carbonyl (C=O) groups excluding carboxylic acids is 1. The number of allylic oxidation sites excluding steroid dienone is 1. The number of pyridine rings is 1. The number of hydrogen-bond donors (Lipinski definition) is 3. The van der Waals surface area contributed by atoms with Gasteiger partial charge in [-0.15, -0.1) is 0 Å². The van der Waals surface area contributed by atoms with Crippen LogP contribution in [0.1, 0.15) is 55.5 Å². The zero-order valence-corrected chi connectivity index (χ0v) is 18.4. The van der Waals surface area contributed by atoms with Crippen LogP contribution in [-0.4, -0.2) is 28.2 Å². The Morgan fingerprint density at radius 2 is 1.78 bits per heavy atom. The van der Waals surface area contributed by atoms with E-state index in [9.17, 15) is 18.0 Å². The van der Waals surface area contributed by atoms with E-state index in [0.717, 1.165) is 17.8 Å². The summed E-state index contributed by atoms with van der Waals surface area (Å²) in [6.07, 6.45) is 2.09. The van der Waals surface area contributed by atoms with E-state index >= 15 is 0 Å². The normalized spacial score (nSPS) is 16.0. The summed E-state index contributed by atoms with van der Waals surface area (Å²) >= 11 is 0. The Balaban J connectivity index is 0.000000451. The molecule has 5 nitrogen and oxygen atoms in total. The molecule has 0 aliphatic heterocycles. The van der Waals surface area contributed by atoms with E-state index in [1.54, 1.807) is 18.3 Å². The first-order chi connectivity index (χ1) is 14.9. The Morgan fingerprint density at radius 1 is 1.22 bits per heavy atom. The molecular formula is C24H30F3N3O2. The van der Waals surface area contributed by atoms with Crippen LogP contribution in [-0.2, 0) is 6.54 Å². The zero-order chi connectivity index (χ0) is 23.9. The number of benzene rings is 1. The predicted molar refractivity (Wildman–Crippen MR) is 119 cm³/mol. The molecule has 0 saturated heterocycles. The lowest BCUT2D eigenvalue weighted by atomic mass is 9.75. The largest absolute Gasteiger partial charge is 0.505 e. The minimum Gasteiger partial charge on any atom is -0.505 e. The summed E-state index contributed by atoms with van der Waals surface area (Å²) in [5.41, 5.74) is 9.35. The number of amides is 1. The fourth-order valence-corrected chi connectivity index (χ4v) is 3.40. The molecule has 1 heterocycles. The number of carbonyl (C=O) groups is 1. The molecule has 8 heteroatoms. The molecule has 0 atom stereocenters. The molecule has 1 aromatic heterocycles. The quantitative estimate of drug-likeness (QED) is 0.524. The molecule has 0 bridgehead atoms. The van der Waals surface area contributed by atoms with Gasteiger partial charge in [0.2, 0.25) is 5.91 Å². The standard InChI is InChI=1S/C21H27N3O.C3H3F3O/c1-21(2)10-7-18(8-11-21)24-14-15-3-5-16(6-4-15)19-13-17(20(22)25)9-12-23-19;1-2(7)3(4,5)6/h3-6,9,12-13,18,24H,7-8,10-11,14H2,1-2H3,(H2,22,25);7H,1H2. The number of hydrogen-bond acceptors (Lipinski definition) is 4. The number of nitrogens with zero attached hydrogens (tertiary/aromatic N) is 1. The van der Waals surface area contributed by atoms with Crippen LogP contribution >= 0.6 is 0 Å². The molecule has 1 fully saturated rings. The molecule has 32 heavy (non-hydrogen) atoms. The highest BCUT2D eigenvalue weighted by molar-refractivity contribution is 5.93. The number of nitrogens with one attached hydrogen (secondary N) is 1. The highest BCUT2D eigenvalue weighted by Crippen LogP contribution is 2.35. The molecular weight excluding hydrogens is 419 g/mol. The van der Waals surface area contributed by atoms with E-state index in [1.807, 2.05) is 12.1 Å². The maximum absolute atomic E-state index is 11.3. The van der Waals surface area contributed by atoms with Gasteiger partial charge in [0.25, 0.3) is 0 Å². The zero-order valence-electron chi connectivity index (χ0n) is 18.4. The van der Waals surface area contributed by atoms with Gasteiger partial charge in [-0.3, -0.25) is 9.78 Å². The van der Waals surface area contributed by atoms with Crippen LogP contribution in [0.5, 0.6) is 0 Å². The minimum atomic E-state index is -4.64. The third-order valence-electron chi connectivity index (χ3n) is 5.56. The lowest BCUT2D eigenvalue weighted by molar-refractivity contribution is -0.119. The second-order valence-electron chi connectivity index (χ2n) is 8.75. The second kappa shape index (κ2) is 10.6. The first-order valence-corrected chi connectivity index (χ1v) is 10.4. The van der Waals surface area contributed by atoms with Crippen LogP contribution < -0.4 is 11.1 Å². The van der Waals surface area contributed by atoms with Crippen LogP contribution in [0.25, 0.3) is 11.3 Å². The van der Waals surface area contributed by atoms with Gasteiger partial charge < -0.3 is 16.2 Å². The molecule has 0 radical (unpaired) electrons. The van der Waals surface area contributed by atoms with Gasteiger partial charge in [-0.1, -0.05) is 44.7 Å². The number of aliphatic hydroxyl groups is 1. The van der Waals surface area contributed by atoms with Crippen molar-refractivity contribution in [3.63, 3.8) is 0 Å². The molecule has 1 aliphatic carbocycles. The van der Waals surface area contributed by atoms with Crippen molar-refractivity contribution in [3.05, 3.63) is 66.1 Å². The third-order valence-corrected chi connectivity index (χ3v) is 5.56. The lowest BCUT2D eigenvalue weighted by Crippen LogP contribution is -2.35. The Labute approximate surface area is 186 Å². The number of aromatic nitrogens is 1. The summed E-state index contributed by atoms with van der Waals surface area (Å²) in [6, 6.07) is 12.3. The lowest BCUT2D eigenvalue weighted by Gasteiger charge is -2.34. The Bertz CT molecular complexity index is 915. The van der Waals surface area contributed by atoms with Gasteiger partial charge in [0, 0.05) is 29.9 Å². The van der Waals surface area contributed by atoms with Gasteiger partial charge in [0.05, 0.1) is 5.69 Å². The molecule has 174 valence electrons. The van der Waals surface area contributed by atoms with E-state index in [-0.39, 0.29) is 0 Å². The van der Waals surface area contributed by atoms with Crippen molar-refractivity contribution in [2.24, 2.45) is 11.1 Å². The molecule has 1 aliphatic rings. The summed E-state index contributed by atoms with van der Waals surface area (Å²) in [4.78, 5) is 15.6. The number of rotatable bonds is 5. The summed E-state index contributed by atoms with van der Waals surface area (Å²) in [6.45, 7) is 7.87. The Morgan fingerprint density at radius 3 is 2.28 bits per heavy atom. The Kier molecular flexibility index (Phi) is 8.44. The average Bonchev–Trinajstić information content (AvgIpc) is 2.73. The molecule has 1 aromatic carbocycles. The minimum absolute atomic E-state index is 0.430. The predicted octanol–water partition coefficient (Wildman–Crippen LogP) is 5.53. The van der Waals surface area contributed by atoms with Crippen molar-refractivity contribution < 1.29 is 23.1 Å². The fourth-order valence-electron chi connectivity index (χ4n) is 3.40. The van der Waals surface area contributed by atoms with E-state index in [1.165, 1.54) is 31.2 Å². The van der Waals surface area contributed by atoms with Crippen LogP contribution in [0.3, 0.4) is 0 Å². The second-order valence-corrected chi connectivity index (χ2v) is 8.75. The van der Waals surface area contributed by atoms with Gasteiger partial charge >= 0.3 is 6.18 Å². The van der Waals surface area contributed by atoms with Crippen molar-refractivity contribution in [1.82, 2.24) is 10.3 Å². The van der Waals surface area contributed by atoms with Crippen LogP contribution in [0.4, 0.5) is 13.2 Å². The molecule has 3 rings (SSSR count). The number of primary amides is 1. The molecule has 0 spiro atoms. The number of nitrogens with two attached hydrogens (primary N) is 1. The van der Waals surface area contributed by atoms with Crippen LogP contribution in [0.15, 0.2) is 54.9 Å². The topological polar surface area (TPSA) is 88.2 Å². The smallest absolute Gasteiger partial charge is 0.448 e. The van der Waals surface area contributed by atoms with Crippen molar-refractivity contribution in [1.29, 1.82) is 0 Å². The van der Waals surface area contributed by atoms with Gasteiger partial charge in [-0.2, -0.15) is 13.2 Å². The number of halogens is 3. The van der Waals surface area contributed by atoms with Gasteiger partial charge in [0.15, 0.2) is 5.76 Å². The number of alkyl halides is 3. The summed E-state index contributed by atoms with van der Waals surface area (Å²) in [5.74, 6) is -2.19. The van der Waals surface area contributed by atoms with Crippen molar-refractivity contribution in [2.45, 2.75) is 58.3 Å². The monoisotopic (exact) mass is 449 g/mol. The van der Waals surface area contributed by atoms with Crippen molar-refractivity contribution >= 4 is 5.91 Å². The first-order valence-electron chi connectivity index (χ1n) is 10.4. The third kappa shape index (κ3) is 8.00. The van der Waals surface area contributed by atoms with E-state index in [2.05, 4.69) is 42.9 Å². The van der Waals surface area contributed by atoms with Crippen molar-refractivity contribution in [3.8, 4) is 11.3 Å². The van der Waals surface area contributed by atoms with E-state index in [0.29, 0.717) is 17.0 Å². The molecule has 1 saturated carbocycles. The van der Waals surface area contributed by atoms with E-state index < -0.39 is 17.8 Å². The summed E-state index contributed by atoms with van der Waals surface area (Å²) in [5, 5.41) is 11.3. The maximum atomic E-state index is 11.3. The van der Waals surface area contributed by atoms with Gasteiger partial charge in [0.1, 0.15) is 0 Å². The molecule has 4 N–H and O–H groups in total. The maximum Gasteiger partial charge on any atom is 0.448 e. The average molecular weight is 450 g/mol. The molecule has 1 amide bonds. The van der Waals surface area contributed by atoms with Gasteiger partial charge in [-0.05, 0) is 48.8 Å². The van der Waals surface area contributed by atoms with Gasteiger partial charge in [-0.25, -0.2) is 0 Å². The first kappa shape index (κ1) is 25.4. The van der Waals surface area contributed by atoms with Crippen molar-refractivity contribution in [2.75, 3.05) is 0 Å². The summed E-state index contributed by atoms with van der Waals surface area (Å²) < 4.78 is 32.5. The SMILES string of the molecule is C=C(O)C(F)(F)F.CC1(C)CCC(NCc2ccc(-c3cc(C(N)=O)ccn3)cc2)CC1.